The van der Waals surface area contributed by atoms with Crippen LogP contribution in [0.4, 0.5) is 5.82 Å². The molecule has 2 aromatic carbocycles. The van der Waals surface area contributed by atoms with E-state index in [0.29, 0.717) is 44.3 Å². The largest absolute Gasteiger partial charge is 0.378 e. The standard InChI is InChI=1S/C27H35N5O3S/c1-3-6-22-9-11-23(12-10-22)36(33,34)32-15-13-30(14-16-32)21(2)26-28-25-8-5-4-7-24(25)27(29-26)31-17-19-35-20-18-31/h4-5,7-12,21H,3,6,13-20H2,1-2H3/t21-/m1/s1. The molecule has 2 fully saturated rings. The zero-order chi connectivity index (χ0) is 25.1. The summed E-state index contributed by atoms with van der Waals surface area (Å²) in [6.45, 7) is 9.42. The van der Waals surface area contributed by atoms with E-state index in [1.807, 2.05) is 30.3 Å². The van der Waals surface area contributed by atoms with E-state index in [-0.39, 0.29) is 6.04 Å². The lowest BCUT2D eigenvalue weighted by Crippen LogP contribution is -2.49. The third kappa shape index (κ3) is 5.11. The van der Waals surface area contributed by atoms with E-state index in [1.165, 1.54) is 5.56 Å². The number of rotatable bonds is 7. The molecule has 2 aliphatic heterocycles. The number of sulfonamides is 1. The predicted octanol–water partition coefficient (Wildman–Crippen LogP) is 3.49. The third-order valence-corrected chi connectivity index (χ3v) is 9.12. The van der Waals surface area contributed by atoms with Gasteiger partial charge in [-0.2, -0.15) is 4.31 Å². The molecular weight excluding hydrogens is 474 g/mol. The number of aryl methyl sites for hydroxylation is 1. The van der Waals surface area contributed by atoms with E-state index >= 15 is 0 Å². The minimum Gasteiger partial charge on any atom is -0.378 e. The van der Waals surface area contributed by atoms with E-state index < -0.39 is 10.0 Å². The highest BCUT2D eigenvalue weighted by molar-refractivity contribution is 7.89. The first-order valence-electron chi connectivity index (χ1n) is 12.9. The molecule has 0 N–H and O–H groups in total. The Morgan fingerprint density at radius 1 is 0.917 bits per heavy atom. The SMILES string of the molecule is CCCc1ccc(S(=O)(=O)N2CCN([C@H](C)c3nc(N4CCOCC4)c4ccccc4n3)CC2)cc1. The van der Waals surface area contributed by atoms with Gasteiger partial charge in [-0.3, -0.25) is 4.90 Å². The van der Waals surface area contributed by atoms with E-state index in [2.05, 4.69) is 29.7 Å². The van der Waals surface area contributed by atoms with Gasteiger partial charge in [0.25, 0.3) is 0 Å². The lowest BCUT2D eigenvalue weighted by Gasteiger charge is -2.37. The minimum atomic E-state index is -3.50. The Balaban J connectivity index is 1.31. The number of aromatic nitrogens is 2. The third-order valence-electron chi connectivity index (χ3n) is 7.21. The normalized spacial score (nSPS) is 19.0. The molecule has 2 aliphatic rings. The smallest absolute Gasteiger partial charge is 0.243 e. The molecule has 9 heteroatoms. The van der Waals surface area contributed by atoms with Gasteiger partial charge in [0, 0.05) is 44.7 Å². The maximum absolute atomic E-state index is 13.2. The molecule has 0 bridgehead atoms. The van der Waals surface area contributed by atoms with Crippen molar-refractivity contribution in [3.8, 4) is 0 Å². The molecule has 1 aromatic heterocycles. The van der Waals surface area contributed by atoms with Crippen molar-refractivity contribution < 1.29 is 13.2 Å². The number of fused-ring (bicyclic) bond motifs is 1. The minimum absolute atomic E-state index is 0.0208. The number of ether oxygens (including phenoxy) is 1. The van der Waals surface area contributed by atoms with Gasteiger partial charge in [0.15, 0.2) is 0 Å². The molecule has 0 saturated carbocycles. The van der Waals surface area contributed by atoms with Crippen molar-refractivity contribution in [3.05, 3.63) is 59.9 Å². The summed E-state index contributed by atoms with van der Waals surface area (Å²) in [5, 5.41) is 1.05. The molecule has 0 spiro atoms. The average molecular weight is 510 g/mol. The quantitative estimate of drug-likeness (QED) is 0.482. The number of benzene rings is 2. The molecular formula is C27H35N5O3S. The van der Waals surface area contributed by atoms with Gasteiger partial charge in [0.05, 0.1) is 29.7 Å². The Hall–Kier alpha value is -2.59. The fraction of sp³-hybridized carbons (Fsp3) is 0.481. The van der Waals surface area contributed by atoms with Gasteiger partial charge < -0.3 is 9.64 Å². The summed E-state index contributed by atoms with van der Waals surface area (Å²) in [4.78, 5) is 14.9. The van der Waals surface area contributed by atoms with Crippen LogP contribution in [0.15, 0.2) is 53.4 Å². The molecule has 192 valence electrons. The van der Waals surface area contributed by atoms with Crippen LogP contribution in [0.5, 0.6) is 0 Å². The summed E-state index contributed by atoms with van der Waals surface area (Å²) in [6, 6.07) is 15.5. The maximum atomic E-state index is 13.2. The highest BCUT2D eigenvalue weighted by Gasteiger charge is 2.31. The van der Waals surface area contributed by atoms with Gasteiger partial charge in [0.1, 0.15) is 11.6 Å². The van der Waals surface area contributed by atoms with Gasteiger partial charge in [0.2, 0.25) is 10.0 Å². The number of anilines is 1. The fourth-order valence-electron chi connectivity index (χ4n) is 5.04. The number of morpholine rings is 1. The Morgan fingerprint density at radius 2 is 1.61 bits per heavy atom. The summed E-state index contributed by atoms with van der Waals surface area (Å²) >= 11 is 0. The summed E-state index contributed by atoms with van der Waals surface area (Å²) in [5.41, 5.74) is 2.10. The first-order valence-corrected chi connectivity index (χ1v) is 14.3. The zero-order valence-electron chi connectivity index (χ0n) is 21.1. The second-order valence-electron chi connectivity index (χ2n) is 9.53. The van der Waals surface area contributed by atoms with Crippen molar-refractivity contribution in [2.75, 3.05) is 57.4 Å². The highest BCUT2D eigenvalue weighted by Crippen LogP contribution is 2.29. The van der Waals surface area contributed by atoms with Gasteiger partial charge in [-0.25, -0.2) is 18.4 Å². The van der Waals surface area contributed by atoms with Gasteiger partial charge in [-0.15, -0.1) is 0 Å². The second kappa shape index (κ2) is 10.8. The summed E-state index contributed by atoms with van der Waals surface area (Å²) in [5.74, 6) is 1.73. The maximum Gasteiger partial charge on any atom is 0.243 e. The monoisotopic (exact) mass is 509 g/mol. The molecule has 2 saturated heterocycles. The lowest BCUT2D eigenvalue weighted by molar-refractivity contribution is 0.122. The Labute approximate surface area is 213 Å². The summed E-state index contributed by atoms with van der Waals surface area (Å²) in [7, 11) is -3.50. The number of nitrogens with zero attached hydrogens (tertiary/aromatic N) is 5. The number of para-hydroxylation sites is 1. The molecule has 1 atom stereocenters. The van der Waals surface area contributed by atoms with Crippen LogP contribution in [-0.2, 0) is 21.2 Å². The van der Waals surface area contributed by atoms with Crippen LogP contribution in [0.1, 0.15) is 37.7 Å². The van der Waals surface area contributed by atoms with Gasteiger partial charge in [-0.05, 0) is 43.2 Å². The number of hydrogen-bond acceptors (Lipinski definition) is 7. The molecule has 0 amide bonds. The summed E-state index contributed by atoms with van der Waals surface area (Å²) in [6.07, 6.45) is 2.00. The molecule has 0 radical (unpaired) electrons. The average Bonchev–Trinajstić information content (AvgIpc) is 2.93. The van der Waals surface area contributed by atoms with Gasteiger partial charge in [-0.1, -0.05) is 37.6 Å². The van der Waals surface area contributed by atoms with Crippen LogP contribution in [0, 0.1) is 0 Å². The molecule has 3 aromatic rings. The lowest BCUT2D eigenvalue weighted by atomic mass is 10.1. The Kier molecular flexibility index (Phi) is 7.52. The van der Waals surface area contributed by atoms with Crippen molar-refractivity contribution >= 4 is 26.7 Å². The molecule has 36 heavy (non-hydrogen) atoms. The van der Waals surface area contributed by atoms with E-state index in [9.17, 15) is 8.42 Å². The predicted molar refractivity (Wildman–Crippen MR) is 142 cm³/mol. The molecule has 0 unspecified atom stereocenters. The number of piperazine rings is 1. The Morgan fingerprint density at radius 3 is 2.31 bits per heavy atom. The zero-order valence-corrected chi connectivity index (χ0v) is 22.0. The van der Waals surface area contributed by atoms with Crippen molar-refractivity contribution in [1.29, 1.82) is 0 Å². The van der Waals surface area contributed by atoms with Gasteiger partial charge >= 0.3 is 0 Å². The summed E-state index contributed by atoms with van der Waals surface area (Å²) < 4.78 is 33.6. The molecule has 0 aliphatic carbocycles. The molecule has 5 rings (SSSR count). The van der Waals surface area contributed by atoms with Crippen LogP contribution in [-0.4, -0.2) is 80.1 Å². The van der Waals surface area contributed by atoms with E-state index in [1.54, 1.807) is 16.4 Å². The van der Waals surface area contributed by atoms with Crippen molar-refractivity contribution in [2.45, 2.75) is 37.6 Å². The number of hydrogen-bond donors (Lipinski definition) is 0. The van der Waals surface area contributed by atoms with Crippen LogP contribution in [0.3, 0.4) is 0 Å². The molecule has 8 nitrogen and oxygen atoms in total. The van der Waals surface area contributed by atoms with Crippen LogP contribution < -0.4 is 4.90 Å². The van der Waals surface area contributed by atoms with E-state index in [4.69, 9.17) is 14.7 Å². The first kappa shape index (κ1) is 25.1. The van der Waals surface area contributed by atoms with Crippen molar-refractivity contribution in [3.63, 3.8) is 0 Å². The first-order chi connectivity index (χ1) is 17.5. The van der Waals surface area contributed by atoms with Crippen LogP contribution in [0.25, 0.3) is 10.9 Å². The van der Waals surface area contributed by atoms with Crippen LogP contribution in [0.2, 0.25) is 0 Å². The topological polar surface area (TPSA) is 78.9 Å². The molecule has 3 heterocycles. The van der Waals surface area contributed by atoms with Crippen molar-refractivity contribution in [2.24, 2.45) is 0 Å². The van der Waals surface area contributed by atoms with E-state index in [0.717, 1.165) is 48.5 Å². The highest BCUT2D eigenvalue weighted by atomic mass is 32.2. The second-order valence-corrected chi connectivity index (χ2v) is 11.5. The fourth-order valence-corrected chi connectivity index (χ4v) is 6.46. The van der Waals surface area contributed by atoms with Crippen LogP contribution >= 0.6 is 0 Å². The Bertz CT molecular complexity index is 1280. The van der Waals surface area contributed by atoms with Crippen molar-refractivity contribution in [1.82, 2.24) is 19.2 Å².